The van der Waals surface area contributed by atoms with Crippen LogP contribution in [0.2, 0.25) is 0 Å². The Bertz CT molecular complexity index is 983. The molecule has 0 spiro atoms. The lowest BCUT2D eigenvalue weighted by Gasteiger charge is -2.26. The summed E-state index contributed by atoms with van der Waals surface area (Å²) >= 11 is 0. The molecule has 0 bridgehead atoms. The zero-order valence-corrected chi connectivity index (χ0v) is 24.3. The highest BCUT2D eigenvalue weighted by molar-refractivity contribution is 5.67. The smallest absolute Gasteiger partial charge is 0.166 e. The molecule has 2 aliphatic carbocycles. The van der Waals surface area contributed by atoms with Crippen LogP contribution in [-0.2, 0) is 17.6 Å². The van der Waals surface area contributed by atoms with Crippen molar-refractivity contribution in [1.82, 2.24) is 0 Å². The van der Waals surface area contributed by atoms with Gasteiger partial charge in [-0.2, -0.15) is 0 Å². The van der Waals surface area contributed by atoms with Crippen LogP contribution >= 0.6 is 0 Å². The molecule has 2 nitrogen and oxygen atoms in total. The molecule has 0 aromatic heterocycles. The molecule has 1 unspecified atom stereocenters. The third-order valence-electron chi connectivity index (χ3n) is 8.65. The first-order chi connectivity index (χ1) is 19.2. The number of halogens is 2. The van der Waals surface area contributed by atoms with Gasteiger partial charge in [-0.15, -0.1) is 0 Å². The van der Waals surface area contributed by atoms with E-state index in [1.54, 1.807) is 0 Å². The number of rotatable bonds is 19. The molecule has 0 radical (unpaired) electrons. The highest BCUT2D eigenvalue weighted by Gasteiger charge is 2.26. The molecule has 4 heteroatoms. The van der Waals surface area contributed by atoms with Gasteiger partial charge < -0.3 is 9.47 Å². The number of benzene rings is 2. The van der Waals surface area contributed by atoms with Gasteiger partial charge in [0, 0.05) is 18.8 Å². The Labute approximate surface area is 235 Å². The summed E-state index contributed by atoms with van der Waals surface area (Å²) in [5.74, 6) is 0.902. The van der Waals surface area contributed by atoms with Crippen LogP contribution in [0.4, 0.5) is 8.78 Å². The number of aryl methyl sites for hydroxylation is 1. The maximum atomic E-state index is 15.2. The maximum absolute atomic E-state index is 15.2. The van der Waals surface area contributed by atoms with E-state index in [2.05, 4.69) is 6.92 Å². The van der Waals surface area contributed by atoms with Crippen LogP contribution in [0.3, 0.4) is 0 Å². The Morgan fingerprint density at radius 1 is 0.718 bits per heavy atom. The van der Waals surface area contributed by atoms with Gasteiger partial charge in [-0.3, -0.25) is 0 Å². The lowest BCUT2D eigenvalue weighted by Crippen LogP contribution is -2.17. The third-order valence-corrected chi connectivity index (χ3v) is 8.65. The summed E-state index contributed by atoms with van der Waals surface area (Å²) in [6.45, 7) is 4.63. The first-order valence-electron chi connectivity index (χ1n) is 16.0. The largest absolute Gasteiger partial charge is 0.494 e. The van der Waals surface area contributed by atoms with Crippen molar-refractivity contribution in [3.63, 3.8) is 0 Å². The normalized spacial score (nSPS) is 16.8. The van der Waals surface area contributed by atoms with E-state index in [0.717, 1.165) is 81.8 Å². The monoisotopic (exact) mass is 540 g/mol. The Kier molecular flexibility index (Phi) is 12.6. The van der Waals surface area contributed by atoms with E-state index in [1.807, 2.05) is 30.3 Å². The molecule has 2 aliphatic rings. The van der Waals surface area contributed by atoms with Gasteiger partial charge in [-0.05, 0) is 85.3 Å². The molecule has 0 N–H and O–H groups in total. The van der Waals surface area contributed by atoms with E-state index in [-0.39, 0.29) is 0 Å². The van der Waals surface area contributed by atoms with E-state index < -0.39 is 11.6 Å². The quantitative estimate of drug-likeness (QED) is 0.165. The average Bonchev–Trinajstić information content (AvgIpc) is 3.79. The van der Waals surface area contributed by atoms with Gasteiger partial charge in [-0.25, -0.2) is 8.78 Å². The van der Waals surface area contributed by atoms with Gasteiger partial charge in [0.2, 0.25) is 0 Å². The predicted molar refractivity (Wildman–Crippen MR) is 157 cm³/mol. The topological polar surface area (TPSA) is 18.5 Å². The summed E-state index contributed by atoms with van der Waals surface area (Å²) in [5.41, 5.74) is 2.65. The molecular formula is C35H50F2O2. The Balaban J connectivity index is 1.19. The average molecular weight is 541 g/mol. The highest BCUT2D eigenvalue weighted by Crippen LogP contribution is 2.37. The lowest BCUT2D eigenvalue weighted by molar-refractivity contribution is 0.125. The molecule has 0 saturated heterocycles. The summed E-state index contributed by atoms with van der Waals surface area (Å²) in [5, 5.41) is 0. The zero-order valence-electron chi connectivity index (χ0n) is 24.3. The Hall–Kier alpha value is -1.94. The van der Waals surface area contributed by atoms with Crippen molar-refractivity contribution in [2.75, 3.05) is 19.8 Å². The van der Waals surface area contributed by atoms with Gasteiger partial charge >= 0.3 is 0 Å². The summed E-state index contributed by atoms with van der Waals surface area (Å²) in [6.07, 6.45) is 19.8. The van der Waals surface area contributed by atoms with Gasteiger partial charge in [0.15, 0.2) is 11.6 Å². The molecule has 1 atom stereocenters. The van der Waals surface area contributed by atoms with Crippen LogP contribution in [0.1, 0.15) is 114 Å². The third kappa shape index (κ3) is 9.88. The molecule has 216 valence electrons. The van der Waals surface area contributed by atoms with Crippen molar-refractivity contribution >= 4 is 0 Å². The molecule has 0 heterocycles. The fourth-order valence-electron chi connectivity index (χ4n) is 5.95. The molecule has 2 aromatic carbocycles. The molecule has 4 rings (SSSR count). The number of unbranched alkanes of at least 4 members (excludes halogenated alkanes) is 7. The van der Waals surface area contributed by atoms with Crippen LogP contribution in [-0.4, -0.2) is 19.8 Å². The Morgan fingerprint density at radius 2 is 1.38 bits per heavy atom. The molecular weight excluding hydrogens is 490 g/mol. The summed E-state index contributed by atoms with van der Waals surface area (Å²) < 4.78 is 42.0. The molecule has 39 heavy (non-hydrogen) atoms. The fraction of sp³-hybridized carbons (Fsp3) is 0.657. The van der Waals surface area contributed by atoms with Crippen molar-refractivity contribution in [3.05, 3.63) is 53.1 Å². The SMILES string of the molecule is CCCCCOCCCCCC1CCc2cc(-c3ccc(OCCCCCCC4CC4)cc3)c(F)c(F)c2C1. The van der Waals surface area contributed by atoms with Gasteiger partial charge in [0.25, 0.3) is 0 Å². The molecule has 0 amide bonds. The van der Waals surface area contributed by atoms with Gasteiger partial charge in [-0.1, -0.05) is 89.7 Å². The molecule has 1 saturated carbocycles. The van der Waals surface area contributed by atoms with Crippen LogP contribution in [0.15, 0.2) is 30.3 Å². The maximum Gasteiger partial charge on any atom is 0.166 e. The lowest BCUT2D eigenvalue weighted by atomic mass is 9.80. The standard InChI is InChI=1S/C35H50F2O2/c1-2-3-9-22-38-23-10-6-8-13-28-16-17-30-26-33(35(37)34(36)32(30)25-28)29-18-20-31(21-19-29)39-24-11-5-4-7-12-27-14-15-27/h18-21,26-28H,2-17,22-25H2,1H3. The van der Waals surface area contributed by atoms with Crippen LogP contribution < -0.4 is 4.74 Å². The highest BCUT2D eigenvalue weighted by atomic mass is 19.2. The second kappa shape index (κ2) is 16.4. The fourth-order valence-corrected chi connectivity index (χ4v) is 5.95. The number of hydrogen-bond acceptors (Lipinski definition) is 2. The summed E-state index contributed by atoms with van der Waals surface area (Å²) in [7, 11) is 0. The molecule has 0 aliphatic heterocycles. The van der Waals surface area contributed by atoms with E-state index in [0.29, 0.717) is 35.6 Å². The molecule has 2 aromatic rings. The summed E-state index contributed by atoms with van der Waals surface area (Å²) in [4.78, 5) is 0. The van der Waals surface area contributed by atoms with Crippen LogP contribution in [0.25, 0.3) is 11.1 Å². The number of fused-ring (bicyclic) bond motifs is 1. The number of hydrogen-bond donors (Lipinski definition) is 0. The van der Waals surface area contributed by atoms with E-state index in [9.17, 15) is 0 Å². The first kappa shape index (κ1) is 30.0. The van der Waals surface area contributed by atoms with Crippen molar-refractivity contribution in [1.29, 1.82) is 0 Å². The minimum atomic E-state index is -0.713. The van der Waals surface area contributed by atoms with Crippen LogP contribution in [0, 0.1) is 23.5 Å². The minimum Gasteiger partial charge on any atom is -0.494 e. The second-order valence-electron chi connectivity index (χ2n) is 12.0. The van der Waals surface area contributed by atoms with Crippen LogP contribution in [0.5, 0.6) is 5.75 Å². The first-order valence-corrected chi connectivity index (χ1v) is 16.0. The van der Waals surface area contributed by atoms with Crippen molar-refractivity contribution < 1.29 is 18.3 Å². The second-order valence-corrected chi connectivity index (χ2v) is 12.0. The zero-order chi connectivity index (χ0) is 27.3. The summed E-state index contributed by atoms with van der Waals surface area (Å²) in [6, 6.07) is 9.36. The molecule has 1 fully saturated rings. The predicted octanol–water partition coefficient (Wildman–Crippen LogP) is 10.2. The Morgan fingerprint density at radius 3 is 2.13 bits per heavy atom. The van der Waals surface area contributed by atoms with E-state index in [4.69, 9.17) is 9.47 Å². The van der Waals surface area contributed by atoms with Crippen molar-refractivity contribution in [3.8, 4) is 16.9 Å². The van der Waals surface area contributed by atoms with Gasteiger partial charge in [0.1, 0.15) is 5.75 Å². The van der Waals surface area contributed by atoms with Crippen molar-refractivity contribution in [2.24, 2.45) is 11.8 Å². The van der Waals surface area contributed by atoms with Crippen molar-refractivity contribution in [2.45, 2.75) is 116 Å². The van der Waals surface area contributed by atoms with E-state index in [1.165, 1.54) is 51.4 Å². The van der Waals surface area contributed by atoms with E-state index >= 15 is 8.78 Å². The minimum absolute atomic E-state index is 0.367. The van der Waals surface area contributed by atoms with Gasteiger partial charge in [0.05, 0.1) is 6.61 Å². The number of ether oxygens (including phenoxy) is 2.